The quantitative estimate of drug-likeness (QED) is 0.263. The van der Waals surface area contributed by atoms with Gasteiger partial charge in [0.25, 0.3) is 0 Å². The van der Waals surface area contributed by atoms with Gasteiger partial charge in [-0.3, -0.25) is 0 Å². The molecule has 3 nitrogen and oxygen atoms in total. The van der Waals surface area contributed by atoms with Crippen LogP contribution in [0.2, 0.25) is 0 Å². The highest BCUT2D eigenvalue weighted by Crippen LogP contribution is 2.18. The number of hydrogen-bond donors (Lipinski definition) is 2. The van der Waals surface area contributed by atoms with Gasteiger partial charge >= 0.3 is 0 Å². The Morgan fingerprint density at radius 3 is 2.19 bits per heavy atom. The molecule has 118 valence electrons. The summed E-state index contributed by atoms with van der Waals surface area (Å²) in [4.78, 5) is 0. The number of oxime groups is 1. The lowest BCUT2D eigenvalue weighted by atomic mass is 9.99. The predicted octanol–water partition coefficient (Wildman–Crippen LogP) is 4.90. The van der Waals surface area contributed by atoms with E-state index in [1.54, 1.807) is 6.21 Å². The van der Waals surface area contributed by atoms with E-state index in [2.05, 4.69) is 36.3 Å². The summed E-state index contributed by atoms with van der Waals surface area (Å²) in [6.07, 6.45) is 11.4. The SMILES string of the molecule is CC(C=NO)CCCCCCCCC(N)c1ccccc1. The topological polar surface area (TPSA) is 58.6 Å². The largest absolute Gasteiger partial charge is 0.411 e. The van der Waals surface area contributed by atoms with Crippen LogP contribution in [0.3, 0.4) is 0 Å². The van der Waals surface area contributed by atoms with E-state index in [-0.39, 0.29) is 6.04 Å². The molecule has 0 bridgehead atoms. The Morgan fingerprint density at radius 1 is 1.00 bits per heavy atom. The molecule has 0 aromatic heterocycles. The number of nitrogens with two attached hydrogens (primary N) is 1. The zero-order valence-electron chi connectivity index (χ0n) is 13.2. The van der Waals surface area contributed by atoms with E-state index >= 15 is 0 Å². The molecule has 0 aliphatic rings. The van der Waals surface area contributed by atoms with E-state index in [1.165, 1.54) is 44.1 Å². The minimum absolute atomic E-state index is 0.185. The summed E-state index contributed by atoms with van der Waals surface area (Å²) in [5.41, 5.74) is 7.43. The normalized spacial score (nSPS) is 14.4. The van der Waals surface area contributed by atoms with Gasteiger partial charge in [-0.2, -0.15) is 0 Å². The Kier molecular flexibility index (Phi) is 9.55. The average molecular weight is 290 g/mol. The molecule has 0 saturated heterocycles. The van der Waals surface area contributed by atoms with Crippen LogP contribution in [0.5, 0.6) is 0 Å². The second-order valence-corrected chi connectivity index (χ2v) is 5.96. The van der Waals surface area contributed by atoms with E-state index in [0.717, 1.165) is 12.8 Å². The predicted molar refractivity (Wildman–Crippen MR) is 89.7 cm³/mol. The van der Waals surface area contributed by atoms with E-state index in [9.17, 15) is 0 Å². The molecule has 0 spiro atoms. The molecule has 0 amide bonds. The maximum Gasteiger partial charge on any atom is 0.0464 e. The lowest BCUT2D eigenvalue weighted by Gasteiger charge is -2.11. The fourth-order valence-corrected chi connectivity index (χ4v) is 2.59. The number of benzene rings is 1. The molecule has 0 fully saturated rings. The van der Waals surface area contributed by atoms with Gasteiger partial charge < -0.3 is 10.9 Å². The first-order chi connectivity index (χ1) is 10.2. The highest BCUT2D eigenvalue weighted by atomic mass is 16.4. The molecule has 0 saturated carbocycles. The van der Waals surface area contributed by atoms with E-state index in [0.29, 0.717) is 5.92 Å². The van der Waals surface area contributed by atoms with Crippen molar-refractivity contribution < 1.29 is 5.21 Å². The van der Waals surface area contributed by atoms with Crippen LogP contribution in [-0.2, 0) is 0 Å². The van der Waals surface area contributed by atoms with Crippen LogP contribution in [0.25, 0.3) is 0 Å². The summed E-state index contributed by atoms with van der Waals surface area (Å²) in [5.74, 6) is 0.388. The number of hydrogen-bond acceptors (Lipinski definition) is 3. The van der Waals surface area contributed by atoms with Crippen molar-refractivity contribution in [1.82, 2.24) is 0 Å². The van der Waals surface area contributed by atoms with Crippen LogP contribution in [0.4, 0.5) is 0 Å². The lowest BCUT2D eigenvalue weighted by molar-refractivity contribution is 0.318. The molecule has 1 aromatic carbocycles. The summed E-state index contributed by atoms with van der Waals surface area (Å²) >= 11 is 0. The van der Waals surface area contributed by atoms with Gasteiger partial charge in [-0.1, -0.05) is 75.8 Å². The molecule has 1 rings (SSSR count). The monoisotopic (exact) mass is 290 g/mol. The number of rotatable bonds is 11. The van der Waals surface area contributed by atoms with Crippen molar-refractivity contribution in [1.29, 1.82) is 0 Å². The molecule has 2 atom stereocenters. The molecule has 0 aliphatic carbocycles. The van der Waals surface area contributed by atoms with Gasteiger partial charge in [-0.05, 0) is 24.3 Å². The van der Waals surface area contributed by atoms with Gasteiger partial charge in [0, 0.05) is 12.3 Å². The molecule has 2 unspecified atom stereocenters. The Morgan fingerprint density at radius 2 is 1.57 bits per heavy atom. The first kappa shape index (κ1) is 17.7. The van der Waals surface area contributed by atoms with E-state index in [1.807, 2.05) is 6.07 Å². The molecule has 0 aliphatic heterocycles. The first-order valence-corrected chi connectivity index (χ1v) is 8.22. The van der Waals surface area contributed by atoms with Crippen LogP contribution in [0.15, 0.2) is 35.5 Å². The Bertz CT molecular complexity index is 378. The van der Waals surface area contributed by atoms with Crippen LogP contribution in [0.1, 0.15) is 69.9 Å². The maximum absolute atomic E-state index is 8.42. The fraction of sp³-hybridized carbons (Fsp3) is 0.611. The number of unbranched alkanes of at least 4 members (excludes halogenated alkanes) is 5. The van der Waals surface area contributed by atoms with Gasteiger partial charge in [-0.15, -0.1) is 5.16 Å². The zero-order valence-corrected chi connectivity index (χ0v) is 13.2. The van der Waals surface area contributed by atoms with Crippen molar-refractivity contribution >= 4 is 6.21 Å². The van der Waals surface area contributed by atoms with Crippen molar-refractivity contribution in [3.05, 3.63) is 35.9 Å². The van der Waals surface area contributed by atoms with Crippen molar-refractivity contribution in [2.45, 2.75) is 64.3 Å². The third kappa shape index (κ3) is 8.51. The van der Waals surface area contributed by atoms with Gasteiger partial charge in [0.2, 0.25) is 0 Å². The van der Waals surface area contributed by atoms with E-state index in [4.69, 9.17) is 10.9 Å². The van der Waals surface area contributed by atoms with Gasteiger partial charge in [0.1, 0.15) is 0 Å². The molecule has 1 aromatic rings. The zero-order chi connectivity index (χ0) is 15.3. The smallest absolute Gasteiger partial charge is 0.0464 e. The average Bonchev–Trinajstić information content (AvgIpc) is 2.51. The molecule has 0 heterocycles. The standard InChI is InChI=1S/C18H30N2O/c1-16(15-20-21)11-7-4-2-3-5-10-14-18(19)17-12-8-6-9-13-17/h6,8-9,12-13,15-16,18,21H,2-5,7,10-11,14,19H2,1H3. The molecule has 3 heteroatoms. The van der Waals surface area contributed by atoms with Crippen molar-refractivity contribution in [3.8, 4) is 0 Å². The minimum Gasteiger partial charge on any atom is -0.411 e. The third-order valence-corrected chi connectivity index (χ3v) is 3.97. The summed E-state index contributed by atoms with van der Waals surface area (Å²) < 4.78 is 0. The summed E-state index contributed by atoms with van der Waals surface area (Å²) in [6, 6.07) is 10.5. The van der Waals surface area contributed by atoms with Crippen LogP contribution >= 0.6 is 0 Å². The minimum atomic E-state index is 0.185. The highest BCUT2D eigenvalue weighted by molar-refractivity contribution is 5.58. The molecule has 0 radical (unpaired) electrons. The maximum atomic E-state index is 8.42. The second kappa shape index (κ2) is 11.3. The lowest BCUT2D eigenvalue weighted by Crippen LogP contribution is -2.09. The number of nitrogens with zero attached hydrogens (tertiary/aromatic N) is 1. The Balaban J connectivity index is 1.95. The van der Waals surface area contributed by atoms with Gasteiger partial charge in [0.05, 0.1) is 0 Å². The molecular formula is C18H30N2O. The van der Waals surface area contributed by atoms with Crippen molar-refractivity contribution in [2.75, 3.05) is 0 Å². The van der Waals surface area contributed by atoms with Crippen molar-refractivity contribution in [2.24, 2.45) is 16.8 Å². The van der Waals surface area contributed by atoms with Crippen molar-refractivity contribution in [3.63, 3.8) is 0 Å². The fourth-order valence-electron chi connectivity index (χ4n) is 2.59. The third-order valence-electron chi connectivity index (χ3n) is 3.97. The molecular weight excluding hydrogens is 260 g/mol. The van der Waals surface area contributed by atoms with Crippen LogP contribution in [0, 0.1) is 5.92 Å². The summed E-state index contributed by atoms with van der Waals surface area (Å²) in [5, 5.41) is 11.5. The molecule has 21 heavy (non-hydrogen) atoms. The van der Waals surface area contributed by atoms with Gasteiger partial charge in [-0.25, -0.2) is 0 Å². The summed E-state index contributed by atoms with van der Waals surface area (Å²) in [6.45, 7) is 2.09. The van der Waals surface area contributed by atoms with Crippen LogP contribution in [-0.4, -0.2) is 11.4 Å². The highest BCUT2D eigenvalue weighted by Gasteiger charge is 2.04. The van der Waals surface area contributed by atoms with Gasteiger partial charge in [0.15, 0.2) is 0 Å². The summed E-state index contributed by atoms with van der Waals surface area (Å²) in [7, 11) is 0. The van der Waals surface area contributed by atoms with E-state index < -0.39 is 0 Å². The first-order valence-electron chi connectivity index (χ1n) is 8.22. The Labute approximate surface area is 129 Å². The molecule has 3 N–H and O–H groups in total. The Hall–Kier alpha value is -1.35. The second-order valence-electron chi connectivity index (χ2n) is 5.96. The van der Waals surface area contributed by atoms with Crippen LogP contribution < -0.4 is 5.73 Å².